The van der Waals surface area contributed by atoms with Crippen molar-refractivity contribution in [3.8, 4) is 5.75 Å². The molecule has 0 radical (unpaired) electrons. The minimum absolute atomic E-state index is 0.0838. The molecule has 1 heterocycles. The van der Waals surface area contributed by atoms with Gasteiger partial charge >= 0.3 is 17.8 Å². The van der Waals surface area contributed by atoms with Crippen molar-refractivity contribution < 1.29 is 19.1 Å². The van der Waals surface area contributed by atoms with Gasteiger partial charge in [0.1, 0.15) is 12.4 Å². The van der Waals surface area contributed by atoms with Gasteiger partial charge in [0.25, 0.3) is 0 Å². The van der Waals surface area contributed by atoms with Crippen LogP contribution in [0.3, 0.4) is 0 Å². The maximum absolute atomic E-state index is 12.4. The number of carbonyl (C=O) groups excluding carboxylic acids is 3. The Labute approximate surface area is 135 Å². The SMILES string of the molecule is Cc1ccc(OCCN2C(=O)C(=O)N(C3CCCC3)C2=O)cc1. The summed E-state index contributed by atoms with van der Waals surface area (Å²) in [5, 5.41) is 0. The largest absolute Gasteiger partial charge is 0.492 e. The van der Waals surface area contributed by atoms with Crippen molar-refractivity contribution in [1.82, 2.24) is 9.80 Å². The Kier molecular flexibility index (Phi) is 4.32. The zero-order valence-electron chi connectivity index (χ0n) is 13.2. The summed E-state index contributed by atoms with van der Waals surface area (Å²) in [5.74, 6) is -0.764. The zero-order valence-corrected chi connectivity index (χ0v) is 13.2. The average Bonchev–Trinajstić information content (AvgIpc) is 3.12. The number of aryl methyl sites for hydroxylation is 1. The molecule has 1 aliphatic carbocycles. The standard InChI is InChI=1S/C17H20N2O4/c1-12-6-8-14(9-7-12)23-11-10-18-15(20)16(21)19(17(18)22)13-4-2-3-5-13/h6-9,13H,2-5,10-11H2,1H3. The van der Waals surface area contributed by atoms with Crippen LogP contribution in [0.1, 0.15) is 31.2 Å². The van der Waals surface area contributed by atoms with E-state index < -0.39 is 17.8 Å². The van der Waals surface area contributed by atoms with E-state index in [1.807, 2.05) is 31.2 Å². The van der Waals surface area contributed by atoms with E-state index in [1.165, 1.54) is 0 Å². The summed E-state index contributed by atoms with van der Waals surface area (Å²) in [7, 11) is 0. The van der Waals surface area contributed by atoms with Gasteiger partial charge in [-0.2, -0.15) is 0 Å². The summed E-state index contributed by atoms with van der Waals surface area (Å²) in [6.45, 7) is 2.24. The van der Waals surface area contributed by atoms with Crippen LogP contribution in [0.4, 0.5) is 4.79 Å². The number of urea groups is 1. The van der Waals surface area contributed by atoms with Gasteiger partial charge < -0.3 is 4.74 Å². The highest BCUT2D eigenvalue weighted by atomic mass is 16.5. The molecule has 1 saturated carbocycles. The van der Waals surface area contributed by atoms with E-state index in [0.29, 0.717) is 5.75 Å². The molecular weight excluding hydrogens is 296 g/mol. The molecule has 0 aromatic heterocycles. The summed E-state index contributed by atoms with van der Waals surface area (Å²) in [5.41, 5.74) is 1.13. The molecule has 23 heavy (non-hydrogen) atoms. The Morgan fingerprint density at radius 1 is 1.04 bits per heavy atom. The highest BCUT2D eigenvalue weighted by Crippen LogP contribution is 2.27. The van der Waals surface area contributed by atoms with Crippen LogP contribution < -0.4 is 4.74 Å². The number of hydrogen-bond acceptors (Lipinski definition) is 4. The Morgan fingerprint density at radius 2 is 1.70 bits per heavy atom. The van der Waals surface area contributed by atoms with E-state index in [-0.39, 0.29) is 19.2 Å². The molecule has 4 amide bonds. The van der Waals surface area contributed by atoms with Gasteiger partial charge in [0.05, 0.1) is 6.54 Å². The molecule has 0 bridgehead atoms. The second kappa shape index (κ2) is 6.40. The highest BCUT2D eigenvalue weighted by Gasteiger charge is 2.47. The van der Waals surface area contributed by atoms with Gasteiger partial charge in [0.2, 0.25) is 0 Å². The number of carbonyl (C=O) groups is 3. The zero-order chi connectivity index (χ0) is 16.4. The van der Waals surface area contributed by atoms with E-state index in [1.54, 1.807) is 0 Å². The fraction of sp³-hybridized carbons (Fsp3) is 0.471. The molecule has 122 valence electrons. The number of nitrogens with zero attached hydrogens (tertiary/aromatic N) is 2. The minimum Gasteiger partial charge on any atom is -0.492 e. The van der Waals surface area contributed by atoms with Crippen LogP contribution in [0.15, 0.2) is 24.3 Å². The van der Waals surface area contributed by atoms with Crippen LogP contribution in [0, 0.1) is 6.92 Å². The topological polar surface area (TPSA) is 66.9 Å². The Bertz CT molecular complexity index is 620. The molecule has 1 aromatic rings. The first-order valence-electron chi connectivity index (χ1n) is 7.96. The van der Waals surface area contributed by atoms with Crippen molar-refractivity contribution in [3.05, 3.63) is 29.8 Å². The van der Waals surface area contributed by atoms with E-state index in [0.717, 1.165) is 41.0 Å². The molecule has 1 aromatic carbocycles. The highest BCUT2D eigenvalue weighted by molar-refractivity contribution is 6.44. The first-order chi connectivity index (χ1) is 11.1. The summed E-state index contributed by atoms with van der Waals surface area (Å²) in [6.07, 6.45) is 3.57. The van der Waals surface area contributed by atoms with Gasteiger partial charge in [0, 0.05) is 6.04 Å². The maximum Gasteiger partial charge on any atom is 0.334 e. The smallest absolute Gasteiger partial charge is 0.334 e. The van der Waals surface area contributed by atoms with Crippen molar-refractivity contribution in [2.75, 3.05) is 13.2 Å². The van der Waals surface area contributed by atoms with Crippen molar-refractivity contribution >= 4 is 17.8 Å². The number of ether oxygens (including phenoxy) is 1. The third kappa shape index (κ3) is 3.06. The molecule has 2 aliphatic rings. The van der Waals surface area contributed by atoms with E-state index >= 15 is 0 Å². The van der Waals surface area contributed by atoms with Crippen molar-refractivity contribution in [2.45, 2.75) is 38.6 Å². The van der Waals surface area contributed by atoms with Gasteiger partial charge in [0.15, 0.2) is 0 Å². The molecular formula is C17H20N2O4. The fourth-order valence-electron chi connectivity index (χ4n) is 3.09. The monoisotopic (exact) mass is 316 g/mol. The molecule has 6 heteroatoms. The molecule has 0 spiro atoms. The number of imide groups is 2. The number of benzene rings is 1. The van der Waals surface area contributed by atoms with Gasteiger partial charge in [-0.1, -0.05) is 30.5 Å². The Morgan fingerprint density at radius 3 is 2.35 bits per heavy atom. The maximum atomic E-state index is 12.4. The molecule has 0 N–H and O–H groups in total. The van der Waals surface area contributed by atoms with E-state index in [2.05, 4.69) is 0 Å². The molecule has 2 fully saturated rings. The Balaban J connectivity index is 1.59. The molecule has 1 aliphatic heterocycles. The lowest BCUT2D eigenvalue weighted by Gasteiger charge is -2.21. The lowest BCUT2D eigenvalue weighted by molar-refractivity contribution is -0.144. The second-order valence-corrected chi connectivity index (χ2v) is 6.01. The Hall–Kier alpha value is -2.37. The number of amides is 4. The lowest BCUT2D eigenvalue weighted by Crippen LogP contribution is -2.40. The van der Waals surface area contributed by atoms with Gasteiger partial charge in [-0.25, -0.2) is 4.79 Å². The predicted molar refractivity (Wildman–Crippen MR) is 82.9 cm³/mol. The van der Waals surface area contributed by atoms with Gasteiger partial charge in [-0.05, 0) is 31.9 Å². The summed E-state index contributed by atoms with van der Waals surface area (Å²) in [6, 6.07) is 6.89. The van der Waals surface area contributed by atoms with Crippen LogP contribution >= 0.6 is 0 Å². The van der Waals surface area contributed by atoms with Crippen molar-refractivity contribution in [2.24, 2.45) is 0 Å². The van der Waals surface area contributed by atoms with Crippen LogP contribution in [-0.2, 0) is 9.59 Å². The fourth-order valence-corrected chi connectivity index (χ4v) is 3.09. The molecule has 6 nitrogen and oxygen atoms in total. The third-order valence-corrected chi connectivity index (χ3v) is 4.38. The van der Waals surface area contributed by atoms with Crippen molar-refractivity contribution in [3.63, 3.8) is 0 Å². The molecule has 0 atom stereocenters. The quantitative estimate of drug-likeness (QED) is 0.616. The molecule has 3 rings (SSSR count). The number of rotatable bonds is 5. The minimum atomic E-state index is -0.741. The number of hydrogen-bond donors (Lipinski definition) is 0. The van der Waals surface area contributed by atoms with Crippen LogP contribution in [-0.4, -0.2) is 46.8 Å². The predicted octanol–water partition coefficient (Wildman–Crippen LogP) is 2.11. The molecule has 1 saturated heterocycles. The van der Waals surface area contributed by atoms with Crippen LogP contribution in [0.25, 0.3) is 0 Å². The first kappa shape index (κ1) is 15.5. The van der Waals surface area contributed by atoms with Gasteiger partial charge in [-0.15, -0.1) is 0 Å². The molecule has 0 unspecified atom stereocenters. The van der Waals surface area contributed by atoms with Crippen LogP contribution in [0.5, 0.6) is 5.75 Å². The van der Waals surface area contributed by atoms with E-state index in [9.17, 15) is 14.4 Å². The van der Waals surface area contributed by atoms with Crippen molar-refractivity contribution in [1.29, 1.82) is 0 Å². The third-order valence-electron chi connectivity index (χ3n) is 4.38. The van der Waals surface area contributed by atoms with E-state index in [4.69, 9.17) is 4.74 Å². The second-order valence-electron chi connectivity index (χ2n) is 6.01. The average molecular weight is 316 g/mol. The summed E-state index contributed by atoms with van der Waals surface area (Å²) in [4.78, 5) is 38.6. The summed E-state index contributed by atoms with van der Waals surface area (Å²) >= 11 is 0. The van der Waals surface area contributed by atoms with Gasteiger partial charge in [-0.3, -0.25) is 19.4 Å². The lowest BCUT2D eigenvalue weighted by atomic mass is 10.2. The normalized spacial score (nSPS) is 19.1. The van der Waals surface area contributed by atoms with Crippen LogP contribution in [0.2, 0.25) is 0 Å². The first-order valence-corrected chi connectivity index (χ1v) is 7.96. The summed E-state index contributed by atoms with van der Waals surface area (Å²) < 4.78 is 5.54.